The number of nitro benzene ring substituents is 1. The Morgan fingerprint density at radius 2 is 1.89 bits per heavy atom. The number of ether oxygens (including phenoxy) is 2. The number of hydrazone groups is 1. The topological polar surface area (TPSA) is 127 Å². The second kappa shape index (κ2) is 11.2. The van der Waals surface area contributed by atoms with Crippen LogP contribution in [-0.4, -0.2) is 30.2 Å². The summed E-state index contributed by atoms with van der Waals surface area (Å²) in [6.45, 7) is 0.433. The summed E-state index contributed by atoms with van der Waals surface area (Å²) in [7, 11) is 1.59. The first kappa shape index (κ1) is 23.9. The molecular weight excluding hydrogens is 450 g/mol. The minimum absolute atomic E-state index is 0.00845. The van der Waals surface area contributed by atoms with Crippen LogP contribution in [0.4, 0.5) is 5.69 Å². The van der Waals surface area contributed by atoms with Gasteiger partial charge in [-0.15, -0.1) is 0 Å². The molecule has 3 aromatic rings. The van der Waals surface area contributed by atoms with E-state index in [4.69, 9.17) is 9.47 Å². The van der Waals surface area contributed by atoms with Crippen LogP contribution in [0.15, 0.2) is 77.9 Å². The summed E-state index contributed by atoms with van der Waals surface area (Å²) >= 11 is 0. The highest BCUT2D eigenvalue weighted by Gasteiger charge is 2.30. The fourth-order valence-electron chi connectivity index (χ4n) is 3.63. The second-order valence-electron chi connectivity index (χ2n) is 7.90. The van der Waals surface area contributed by atoms with E-state index in [1.165, 1.54) is 18.3 Å². The average molecular weight is 476 g/mol. The van der Waals surface area contributed by atoms with Crippen LogP contribution >= 0.6 is 0 Å². The van der Waals surface area contributed by atoms with Gasteiger partial charge in [-0.3, -0.25) is 14.9 Å². The van der Waals surface area contributed by atoms with Gasteiger partial charge in [-0.1, -0.05) is 36.4 Å². The van der Waals surface area contributed by atoms with Gasteiger partial charge < -0.3 is 9.47 Å². The Labute approximate surface area is 202 Å². The van der Waals surface area contributed by atoms with Gasteiger partial charge in [0, 0.05) is 18.2 Å². The Bertz CT molecular complexity index is 1200. The summed E-state index contributed by atoms with van der Waals surface area (Å²) in [6.07, 6.45) is 1.94. The van der Waals surface area contributed by atoms with Gasteiger partial charge in [-0.25, -0.2) is 16.3 Å². The van der Waals surface area contributed by atoms with Gasteiger partial charge in [0.05, 0.1) is 18.2 Å². The lowest BCUT2D eigenvalue weighted by molar-refractivity contribution is -0.384. The highest BCUT2D eigenvalue weighted by Crippen LogP contribution is 2.33. The third-order valence-corrected chi connectivity index (χ3v) is 5.54. The van der Waals surface area contributed by atoms with E-state index in [0.717, 1.165) is 11.1 Å². The van der Waals surface area contributed by atoms with Crippen LogP contribution in [0.1, 0.15) is 29.2 Å². The summed E-state index contributed by atoms with van der Waals surface area (Å²) in [4.78, 5) is 22.7. The van der Waals surface area contributed by atoms with Gasteiger partial charge in [-0.2, -0.15) is 5.10 Å². The summed E-state index contributed by atoms with van der Waals surface area (Å²) in [5.41, 5.74) is 11.3. The van der Waals surface area contributed by atoms with Crippen LogP contribution in [-0.2, 0) is 11.4 Å². The third kappa shape index (κ3) is 6.19. The molecule has 0 spiro atoms. The zero-order valence-electron chi connectivity index (χ0n) is 19.0. The van der Waals surface area contributed by atoms with E-state index in [9.17, 15) is 14.9 Å². The molecule has 2 atom stereocenters. The van der Waals surface area contributed by atoms with Crippen molar-refractivity contribution in [2.45, 2.75) is 25.1 Å². The smallest absolute Gasteiger partial charge is 0.269 e. The molecule has 0 bridgehead atoms. The molecule has 1 amide bonds. The molecule has 1 aliphatic heterocycles. The average Bonchev–Trinajstić information content (AvgIpc) is 3.39. The van der Waals surface area contributed by atoms with Gasteiger partial charge in [0.25, 0.3) is 11.6 Å². The number of nitrogens with zero attached hydrogens (tertiary/aromatic N) is 2. The molecule has 1 saturated heterocycles. The third-order valence-electron chi connectivity index (χ3n) is 5.54. The van der Waals surface area contributed by atoms with Crippen LogP contribution in [0.5, 0.6) is 11.5 Å². The predicted octanol–water partition coefficient (Wildman–Crippen LogP) is 3.24. The van der Waals surface area contributed by atoms with E-state index in [0.29, 0.717) is 30.1 Å². The summed E-state index contributed by atoms with van der Waals surface area (Å²) in [5.74, 6) is 0.953. The van der Waals surface area contributed by atoms with Crippen LogP contribution in [0.2, 0.25) is 0 Å². The van der Waals surface area contributed by atoms with Crippen molar-refractivity contribution in [2.24, 2.45) is 5.10 Å². The standard InChI is InChI=1S/C25H25N5O5/c1-34-24-13-19(9-12-23(24)35-16-18-5-3-2-4-6-18)21-14-22(28-27-21)25(31)29-26-15-17-7-10-20(11-8-17)30(32)33/h2-13,15,21-22,27-28H,14,16H2,1H3,(H,29,31)/b26-15+. The summed E-state index contributed by atoms with van der Waals surface area (Å²) < 4.78 is 11.4. The molecule has 180 valence electrons. The molecule has 10 nitrogen and oxygen atoms in total. The molecule has 0 radical (unpaired) electrons. The number of benzene rings is 3. The lowest BCUT2D eigenvalue weighted by Gasteiger charge is -2.15. The van der Waals surface area contributed by atoms with Crippen molar-refractivity contribution in [1.82, 2.24) is 16.3 Å². The Kier molecular flexibility index (Phi) is 7.66. The number of carbonyl (C=O) groups excluding carboxylic acids is 1. The normalized spacial score (nSPS) is 17.3. The molecule has 1 aliphatic rings. The van der Waals surface area contributed by atoms with E-state index in [1.54, 1.807) is 19.2 Å². The zero-order chi connectivity index (χ0) is 24.6. The highest BCUT2D eigenvalue weighted by atomic mass is 16.6. The maximum Gasteiger partial charge on any atom is 0.269 e. The van der Waals surface area contributed by atoms with Crippen LogP contribution in [0.3, 0.4) is 0 Å². The van der Waals surface area contributed by atoms with Crippen LogP contribution in [0, 0.1) is 10.1 Å². The van der Waals surface area contributed by atoms with Crippen molar-refractivity contribution in [3.63, 3.8) is 0 Å². The first-order valence-electron chi connectivity index (χ1n) is 11.0. The lowest BCUT2D eigenvalue weighted by Crippen LogP contribution is -2.41. The van der Waals surface area contributed by atoms with Crippen molar-refractivity contribution in [3.05, 3.63) is 99.6 Å². The van der Waals surface area contributed by atoms with Crippen molar-refractivity contribution in [2.75, 3.05) is 7.11 Å². The quantitative estimate of drug-likeness (QED) is 0.246. The van der Waals surface area contributed by atoms with E-state index < -0.39 is 11.0 Å². The van der Waals surface area contributed by atoms with E-state index >= 15 is 0 Å². The van der Waals surface area contributed by atoms with E-state index in [-0.39, 0.29) is 17.6 Å². The minimum Gasteiger partial charge on any atom is -0.493 e. The van der Waals surface area contributed by atoms with Gasteiger partial charge in [0.2, 0.25) is 0 Å². The molecule has 4 rings (SSSR count). The van der Waals surface area contributed by atoms with Crippen molar-refractivity contribution < 1.29 is 19.2 Å². The van der Waals surface area contributed by atoms with E-state index in [1.807, 2.05) is 48.5 Å². The van der Waals surface area contributed by atoms with Gasteiger partial charge in [0.15, 0.2) is 11.5 Å². The number of hydrazine groups is 1. The number of hydrogen-bond donors (Lipinski definition) is 3. The van der Waals surface area contributed by atoms with Crippen LogP contribution in [0.25, 0.3) is 0 Å². The molecule has 35 heavy (non-hydrogen) atoms. The SMILES string of the molecule is COc1cc(C2CC(C(=O)N/N=C/c3ccc([N+](=O)[O-])cc3)NN2)ccc1OCc1ccccc1. The number of methoxy groups -OCH3 is 1. The number of amides is 1. The molecule has 0 aliphatic carbocycles. The molecule has 3 aromatic carbocycles. The van der Waals surface area contributed by atoms with Crippen LogP contribution < -0.4 is 25.8 Å². The molecule has 10 heteroatoms. The van der Waals surface area contributed by atoms with Gasteiger partial charge in [0.1, 0.15) is 12.6 Å². The Hall–Kier alpha value is -4.28. The number of nitro groups is 1. The summed E-state index contributed by atoms with van der Waals surface area (Å²) in [5, 5.41) is 14.7. The molecular formula is C25H25N5O5. The second-order valence-corrected chi connectivity index (χ2v) is 7.90. The highest BCUT2D eigenvalue weighted by molar-refractivity contribution is 5.85. The first-order valence-corrected chi connectivity index (χ1v) is 11.0. The minimum atomic E-state index is -0.492. The molecule has 0 saturated carbocycles. The van der Waals surface area contributed by atoms with Gasteiger partial charge in [-0.05, 0) is 47.4 Å². The lowest BCUT2D eigenvalue weighted by atomic mass is 10.0. The Morgan fingerprint density at radius 1 is 1.11 bits per heavy atom. The monoisotopic (exact) mass is 475 g/mol. The summed E-state index contributed by atoms with van der Waals surface area (Å²) in [6, 6.07) is 20.8. The molecule has 1 heterocycles. The maximum absolute atomic E-state index is 12.5. The largest absolute Gasteiger partial charge is 0.493 e. The van der Waals surface area contributed by atoms with Gasteiger partial charge >= 0.3 is 0 Å². The van der Waals surface area contributed by atoms with Crippen molar-refractivity contribution in [1.29, 1.82) is 0 Å². The zero-order valence-corrected chi connectivity index (χ0v) is 19.0. The van der Waals surface area contributed by atoms with Crippen molar-refractivity contribution in [3.8, 4) is 11.5 Å². The maximum atomic E-state index is 12.5. The first-order chi connectivity index (χ1) is 17.0. The number of carbonyl (C=O) groups is 1. The number of rotatable bonds is 9. The predicted molar refractivity (Wildman–Crippen MR) is 130 cm³/mol. The number of non-ortho nitro benzene ring substituents is 1. The number of hydrogen-bond acceptors (Lipinski definition) is 8. The Morgan fingerprint density at radius 3 is 2.60 bits per heavy atom. The molecule has 2 unspecified atom stereocenters. The molecule has 0 aromatic heterocycles. The van der Waals surface area contributed by atoms with Crippen molar-refractivity contribution >= 4 is 17.8 Å². The fraction of sp³-hybridized carbons (Fsp3) is 0.200. The molecule has 3 N–H and O–H groups in total. The van der Waals surface area contributed by atoms with E-state index in [2.05, 4.69) is 21.4 Å². The molecule has 1 fully saturated rings. The fourth-order valence-corrected chi connectivity index (χ4v) is 3.63. The number of nitrogens with one attached hydrogen (secondary N) is 3. The Balaban J connectivity index is 1.31.